The van der Waals surface area contributed by atoms with Gasteiger partial charge >= 0.3 is 0 Å². The number of hydrogen-bond acceptors (Lipinski definition) is 4. The zero-order valence-corrected chi connectivity index (χ0v) is 10.8. The van der Waals surface area contributed by atoms with Gasteiger partial charge in [-0.1, -0.05) is 13.8 Å². The molecule has 0 saturated heterocycles. The first-order valence-corrected chi connectivity index (χ1v) is 5.89. The SMILES string of the molecule is COc1ccc(-c2ncc(C(C)C)o2)c(CO)c1. The lowest BCUT2D eigenvalue weighted by molar-refractivity contribution is 0.281. The van der Waals surface area contributed by atoms with Crippen molar-refractivity contribution in [2.45, 2.75) is 26.4 Å². The predicted molar refractivity (Wildman–Crippen MR) is 68.5 cm³/mol. The number of aliphatic hydroxyl groups is 1. The zero-order valence-electron chi connectivity index (χ0n) is 10.8. The maximum Gasteiger partial charge on any atom is 0.226 e. The number of methoxy groups -OCH3 is 1. The number of nitrogens with zero attached hydrogens (tertiary/aromatic N) is 1. The second kappa shape index (κ2) is 5.23. The minimum Gasteiger partial charge on any atom is -0.497 e. The maximum absolute atomic E-state index is 9.39. The maximum atomic E-state index is 9.39. The highest BCUT2D eigenvalue weighted by Crippen LogP contribution is 2.28. The first-order chi connectivity index (χ1) is 8.65. The Hall–Kier alpha value is -1.81. The number of aromatic nitrogens is 1. The van der Waals surface area contributed by atoms with Crippen molar-refractivity contribution in [3.63, 3.8) is 0 Å². The van der Waals surface area contributed by atoms with E-state index in [2.05, 4.69) is 4.98 Å². The van der Waals surface area contributed by atoms with Gasteiger partial charge in [0.1, 0.15) is 11.5 Å². The average Bonchev–Trinajstić information content (AvgIpc) is 2.87. The second-order valence-corrected chi connectivity index (χ2v) is 4.40. The van der Waals surface area contributed by atoms with Crippen LogP contribution in [0.25, 0.3) is 11.5 Å². The summed E-state index contributed by atoms with van der Waals surface area (Å²) in [7, 11) is 1.60. The Bertz CT molecular complexity index is 532. The van der Waals surface area contributed by atoms with Crippen LogP contribution in [0.1, 0.15) is 31.1 Å². The fourth-order valence-corrected chi connectivity index (χ4v) is 1.71. The molecule has 4 heteroatoms. The van der Waals surface area contributed by atoms with Crippen molar-refractivity contribution in [1.82, 2.24) is 4.98 Å². The largest absolute Gasteiger partial charge is 0.497 e. The smallest absolute Gasteiger partial charge is 0.226 e. The van der Waals surface area contributed by atoms with Crippen LogP contribution in [0.5, 0.6) is 5.75 Å². The van der Waals surface area contributed by atoms with E-state index in [1.165, 1.54) is 0 Å². The van der Waals surface area contributed by atoms with Gasteiger partial charge in [0, 0.05) is 11.5 Å². The molecule has 2 aromatic rings. The van der Waals surface area contributed by atoms with Gasteiger partial charge in [-0.2, -0.15) is 0 Å². The van der Waals surface area contributed by atoms with Crippen LogP contribution in [-0.4, -0.2) is 17.2 Å². The van der Waals surface area contributed by atoms with Gasteiger partial charge in [-0.25, -0.2) is 4.98 Å². The van der Waals surface area contributed by atoms with Crippen LogP contribution in [0.15, 0.2) is 28.8 Å². The minimum absolute atomic E-state index is 0.0775. The zero-order chi connectivity index (χ0) is 13.1. The molecule has 2 rings (SSSR count). The number of ether oxygens (including phenoxy) is 1. The summed E-state index contributed by atoms with van der Waals surface area (Å²) in [4.78, 5) is 4.25. The van der Waals surface area contributed by atoms with Crippen molar-refractivity contribution < 1.29 is 14.3 Å². The third kappa shape index (κ3) is 2.38. The molecule has 0 spiro atoms. The van der Waals surface area contributed by atoms with E-state index < -0.39 is 0 Å². The molecule has 0 amide bonds. The van der Waals surface area contributed by atoms with Gasteiger partial charge < -0.3 is 14.3 Å². The molecule has 96 valence electrons. The van der Waals surface area contributed by atoms with Crippen LogP contribution in [0.3, 0.4) is 0 Å². The fraction of sp³-hybridized carbons (Fsp3) is 0.357. The first-order valence-electron chi connectivity index (χ1n) is 5.89. The Kier molecular flexibility index (Phi) is 3.67. The Labute approximate surface area is 106 Å². The standard InChI is InChI=1S/C14H17NO3/c1-9(2)13-7-15-14(18-13)12-5-4-11(17-3)6-10(12)8-16/h4-7,9,16H,8H2,1-3H3. The molecule has 1 aromatic heterocycles. The van der Waals surface area contributed by atoms with E-state index >= 15 is 0 Å². The highest BCUT2D eigenvalue weighted by Gasteiger charge is 2.13. The molecule has 0 saturated carbocycles. The summed E-state index contributed by atoms with van der Waals surface area (Å²) >= 11 is 0. The molecule has 0 fully saturated rings. The Morgan fingerprint density at radius 1 is 1.39 bits per heavy atom. The van der Waals surface area contributed by atoms with Crippen molar-refractivity contribution >= 4 is 0 Å². The lowest BCUT2D eigenvalue weighted by atomic mass is 10.1. The third-order valence-electron chi connectivity index (χ3n) is 2.81. The molecular formula is C14H17NO3. The first kappa shape index (κ1) is 12.6. The van der Waals surface area contributed by atoms with E-state index in [9.17, 15) is 5.11 Å². The number of hydrogen-bond donors (Lipinski definition) is 1. The van der Waals surface area contributed by atoms with E-state index in [1.54, 1.807) is 19.4 Å². The van der Waals surface area contributed by atoms with Crippen LogP contribution in [0.4, 0.5) is 0 Å². The van der Waals surface area contributed by atoms with Gasteiger partial charge in [0.2, 0.25) is 5.89 Å². The molecule has 0 atom stereocenters. The van der Waals surface area contributed by atoms with Gasteiger partial charge in [0.25, 0.3) is 0 Å². The lowest BCUT2D eigenvalue weighted by Crippen LogP contribution is -1.92. The molecule has 0 bridgehead atoms. The van der Waals surface area contributed by atoms with Crippen molar-refractivity contribution in [1.29, 1.82) is 0 Å². The summed E-state index contributed by atoms with van der Waals surface area (Å²) in [6.07, 6.45) is 1.73. The van der Waals surface area contributed by atoms with Crippen LogP contribution in [0, 0.1) is 0 Å². The Balaban J connectivity index is 2.42. The van der Waals surface area contributed by atoms with Gasteiger partial charge in [-0.3, -0.25) is 0 Å². The minimum atomic E-state index is -0.0775. The van der Waals surface area contributed by atoms with E-state index in [-0.39, 0.29) is 6.61 Å². The summed E-state index contributed by atoms with van der Waals surface area (Å²) in [5.74, 6) is 2.37. The molecule has 4 nitrogen and oxygen atoms in total. The average molecular weight is 247 g/mol. The van der Waals surface area contributed by atoms with Crippen molar-refractivity contribution in [3.05, 3.63) is 35.7 Å². The van der Waals surface area contributed by atoms with Crippen LogP contribution >= 0.6 is 0 Å². The van der Waals surface area contributed by atoms with Crippen molar-refractivity contribution in [2.75, 3.05) is 7.11 Å². The topological polar surface area (TPSA) is 55.5 Å². The summed E-state index contributed by atoms with van der Waals surface area (Å²) in [6, 6.07) is 5.46. The molecule has 18 heavy (non-hydrogen) atoms. The molecule has 0 aliphatic rings. The fourth-order valence-electron chi connectivity index (χ4n) is 1.71. The highest BCUT2D eigenvalue weighted by molar-refractivity contribution is 5.60. The monoisotopic (exact) mass is 247 g/mol. The van der Waals surface area contributed by atoms with E-state index in [1.807, 2.05) is 26.0 Å². The number of oxazole rings is 1. The molecule has 0 aliphatic heterocycles. The third-order valence-corrected chi connectivity index (χ3v) is 2.81. The molecule has 1 aromatic carbocycles. The van der Waals surface area contributed by atoms with Crippen LogP contribution in [-0.2, 0) is 6.61 Å². The normalized spacial score (nSPS) is 10.9. The Morgan fingerprint density at radius 2 is 2.17 bits per heavy atom. The summed E-state index contributed by atoms with van der Waals surface area (Å²) < 4.78 is 10.8. The van der Waals surface area contributed by atoms with E-state index in [0.29, 0.717) is 17.6 Å². The van der Waals surface area contributed by atoms with Gasteiger partial charge in [-0.15, -0.1) is 0 Å². The quantitative estimate of drug-likeness (QED) is 0.902. The molecule has 1 N–H and O–H groups in total. The van der Waals surface area contributed by atoms with E-state index in [0.717, 1.165) is 16.9 Å². The van der Waals surface area contributed by atoms with Gasteiger partial charge in [0.15, 0.2) is 0 Å². The molecule has 0 unspecified atom stereocenters. The van der Waals surface area contributed by atoms with Crippen LogP contribution in [0.2, 0.25) is 0 Å². The second-order valence-electron chi connectivity index (χ2n) is 4.40. The summed E-state index contributed by atoms with van der Waals surface area (Å²) in [5.41, 5.74) is 1.54. The van der Waals surface area contributed by atoms with Gasteiger partial charge in [-0.05, 0) is 23.8 Å². The van der Waals surface area contributed by atoms with Crippen molar-refractivity contribution in [3.8, 4) is 17.2 Å². The summed E-state index contributed by atoms with van der Waals surface area (Å²) in [5, 5.41) is 9.39. The Morgan fingerprint density at radius 3 is 2.72 bits per heavy atom. The summed E-state index contributed by atoms with van der Waals surface area (Å²) in [6.45, 7) is 4.02. The van der Waals surface area contributed by atoms with E-state index in [4.69, 9.17) is 9.15 Å². The highest BCUT2D eigenvalue weighted by atomic mass is 16.5. The number of rotatable bonds is 4. The molecule has 0 aliphatic carbocycles. The molecular weight excluding hydrogens is 230 g/mol. The molecule has 0 radical (unpaired) electrons. The lowest BCUT2D eigenvalue weighted by Gasteiger charge is -2.06. The van der Waals surface area contributed by atoms with Crippen LogP contribution < -0.4 is 4.74 Å². The predicted octanol–water partition coefficient (Wildman–Crippen LogP) is 2.97. The molecule has 1 heterocycles. The number of aliphatic hydroxyl groups excluding tert-OH is 1. The van der Waals surface area contributed by atoms with Gasteiger partial charge in [0.05, 0.1) is 19.9 Å². The van der Waals surface area contributed by atoms with Crippen molar-refractivity contribution in [2.24, 2.45) is 0 Å². The number of benzene rings is 1.